The Morgan fingerprint density at radius 3 is 2.48 bits per heavy atom. The molecule has 3 heterocycles. The summed E-state index contributed by atoms with van der Waals surface area (Å²) in [7, 11) is 1.81. The van der Waals surface area contributed by atoms with E-state index in [0.717, 1.165) is 30.2 Å². The molecule has 1 amide bonds. The van der Waals surface area contributed by atoms with Gasteiger partial charge < -0.3 is 9.47 Å². The van der Waals surface area contributed by atoms with E-state index in [4.69, 9.17) is 23.2 Å². The molecule has 0 spiro atoms. The van der Waals surface area contributed by atoms with E-state index in [2.05, 4.69) is 5.10 Å². The number of hydrogen-bond acceptors (Lipinski definition) is 3. The van der Waals surface area contributed by atoms with Crippen molar-refractivity contribution in [3.8, 4) is 5.69 Å². The number of piperidine rings is 1. The average molecular weight is 455 g/mol. The lowest BCUT2D eigenvalue weighted by atomic mass is 10.1. The topological polar surface area (TPSA) is 60.1 Å². The van der Waals surface area contributed by atoms with Crippen LogP contribution in [0.3, 0.4) is 0 Å². The largest absolute Gasteiger partial charge is 0.339 e. The zero-order valence-electron chi connectivity index (χ0n) is 16.9. The molecule has 8 heteroatoms. The van der Waals surface area contributed by atoms with Gasteiger partial charge in [-0.2, -0.15) is 9.78 Å². The van der Waals surface area contributed by atoms with Crippen LogP contribution in [0.2, 0.25) is 10.0 Å². The Hall–Kier alpha value is -2.83. The highest BCUT2D eigenvalue weighted by Gasteiger charge is 2.27. The van der Waals surface area contributed by atoms with Gasteiger partial charge in [-0.25, -0.2) is 0 Å². The number of aromatic nitrogens is 3. The van der Waals surface area contributed by atoms with Crippen LogP contribution in [0.1, 0.15) is 29.8 Å². The number of aryl methyl sites for hydroxylation is 1. The lowest BCUT2D eigenvalue weighted by Gasteiger charge is -2.26. The van der Waals surface area contributed by atoms with E-state index in [1.807, 2.05) is 11.0 Å². The normalized spacial score (nSPS) is 14.5. The average Bonchev–Trinajstić information content (AvgIpc) is 3.07. The Kier molecular flexibility index (Phi) is 4.99. The zero-order chi connectivity index (χ0) is 21.7. The molecule has 0 unspecified atom stereocenters. The van der Waals surface area contributed by atoms with E-state index in [0.29, 0.717) is 39.7 Å². The number of carbonyl (C=O) groups is 1. The molecule has 0 saturated carbocycles. The molecule has 2 aromatic carbocycles. The molecule has 6 nitrogen and oxygen atoms in total. The minimum Gasteiger partial charge on any atom is -0.339 e. The second-order valence-electron chi connectivity index (χ2n) is 7.84. The molecule has 4 aromatic rings. The minimum absolute atomic E-state index is 0.164. The van der Waals surface area contributed by atoms with E-state index < -0.39 is 0 Å². The van der Waals surface area contributed by atoms with Crippen LogP contribution < -0.4 is 5.56 Å². The van der Waals surface area contributed by atoms with Crippen LogP contribution in [0, 0.1) is 0 Å². The van der Waals surface area contributed by atoms with Crippen molar-refractivity contribution in [2.24, 2.45) is 7.05 Å². The lowest BCUT2D eigenvalue weighted by Crippen LogP contribution is -2.37. The van der Waals surface area contributed by atoms with Crippen LogP contribution in [0.4, 0.5) is 0 Å². The van der Waals surface area contributed by atoms with Crippen LogP contribution in [-0.2, 0) is 7.05 Å². The second kappa shape index (κ2) is 7.70. The van der Waals surface area contributed by atoms with E-state index in [1.165, 1.54) is 4.68 Å². The summed E-state index contributed by atoms with van der Waals surface area (Å²) in [6.07, 6.45) is 3.04. The predicted molar refractivity (Wildman–Crippen MR) is 124 cm³/mol. The fourth-order valence-corrected chi connectivity index (χ4v) is 4.73. The SMILES string of the molecule is Cn1c2cc(Cl)ccc2c2c(C(=O)N3CCCCC3)nn(-c3cccc(Cl)c3)c(=O)c21. The number of likely N-dealkylation sites (tertiary alicyclic amines) is 1. The van der Waals surface area contributed by atoms with Crippen molar-refractivity contribution in [1.29, 1.82) is 0 Å². The molecule has 1 aliphatic heterocycles. The summed E-state index contributed by atoms with van der Waals surface area (Å²) >= 11 is 12.4. The molecule has 0 atom stereocenters. The molecule has 0 radical (unpaired) electrons. The van der Waals surface area contributed by atoms with Gasteiger partial charge in [-0.15, -0.1) is 0 Å². The summed E-state index contributed by atoms with van der Waals surface area (Å²) in [6.45, 7) is 1.38. The number of halogens is 2. The van der Waals surface area contributed by atoms with Crippen molar-refractivity contribution in [2.45, 2.75) is 19.3 Å². The van der Waals surface area contributed by atoms with Gasteiger partial charge in [0.15, 0.2) is 5.69 Å². The first kappa shape index (κ1) is 20.1. The van der Waals surface area contributed by atoms with E-state index in [1.54, 1.807) is 48.0 Å². The van der Waals surface area contributed by atoms with Crippen molar-refractivity contribution in [3.63, 3.8) is 0 Å². The minimum atomic E-state index is -0.317. The van der Waals surface area contributed by atoms with Crippen molar-refractivity contribution in [1.82, 2.24) is 19.2 Å². The summed E-state index contributed by atoms with van der Waals surface area (Å²) in [5.74, 6) is -0.164. The fourth-order valence-electron chi connectivity index (χ4n) is 4.37. The van der Waals surface area contributed by atoms with Gasteiger partial charge in [0, 0.05) is 41.0 Å². The third-order valence-corrected chi connectivity index (χ3v) is 6.36. The van der Waals surface area contributed by atoms with Crippen molar-refractivity contribution >= 4 is 50.9 Å². The van der Waals surface area contributed by atoms with Gasteiger partial charge in [0.2, 0.25) is 0 Å². The Bertz CT molecular complexity index is 1400. The number of benzene rings is 2. The smallest absolute Gasteiger partial charge is 0.296 e. The van der Waals surface area contributed by atoms with Gasteiger partial charge >= 0.3 is 0 Å². The standard InChI is InChI=1S/C23H20Cl2N4O2/c1-27-18-13-15(25)8-9-17(18)19-20(22(30)28-10-3-2-4-11-28)26-29(23(31)21(19)27)16-7-5-6-14(24)12-16/h5-9,12-13H,2-4,10-11H2,1H3. The highest BCUT2D eigenvalue weighted by atomic mass is 35.5. The molecule has 2 aromatic heterocycles. The third-order valence-electron chi connectivity index (χ3n) is 5.89. The first-order valence-electron chi connectivity index (χ1n) is 10.2. The van der Waals surface area contributed by atoms with Gasteiger partial charge in [0.1, 0.15) is 5.52 Å². The van der Waals surface area contributed by atoms with Crippen molar-refractivity contribution in [3.05, 3.63) is 68.6 Å². The highest BCUT2D eigenvalue weighted by molar-refractivity contribution is 6.32. The Balaban J connectivity index is 1.87. The van der Waals surface area contributed by atoms with Gasteiger partial charge in [-0.1, -0.05) is 35.3 Å². The summed E-state index contributed by atoms with van der Waals surface area (Å²) in [4.78, 5) is 29.0. The highest BCUT2D eigenvalue weighted by Crippen LogP contribution is 2.31. The number of nitrogens with zero attached hydrogens (tertiary/aromatic N) is 4. The summed E-state index contributed by atoms with van der Waals surface area (Å²) in [5.41, 5.74) is 1.65. The number of hydrogen-bond donors (Lipinski definition) is 0. The molecule has 0 bridgehead atoms. The molecular formula is C23H20Cl2N4O2. The molecular weight excluding hydrogens is 435 g/mol. The maximum absolute atomic E-state index is 13.6. The van der Waals surface area contributed by atoms with Gasteiger partial charge in [0.05, 0.1) is 11.2 Å². The van der Waals surface area contributed by atoms with E-state index in [9.17, 15) is 9.59 Å². The Labute approximate surface area is 188 Å². The molecule has 0 aliphatic carbocycles. The van der Waals surface area contributed by atoms with E-state index in [-0.39, 0.29) is 17.2 Å². The Morgan fingerprint density at radius 2 is 1.74 bits per heavy atom. The van der Waals surface area contributed by atoms with E-state index >= 15 is 0 Å². The fraction of sp³-hybridized carbons (Fsp3) is 0.261. The van der Waals surface area contributed by atoms with Crippen LogP contribution in [0.25, 0.3) is 27.5 Å². The molecule has 158 valence electrons. The first-order chi connectivity index (χ1) is 15.0. The lowest BCUT2D eigenvalue weighted by molar-refractivity contribution is 0.0718. The molecule has 31 heavy (non-hydrogen) atoms. The van der Waals surface area contributed by atoms with Gasteiger partial charge in [-0.3, -0.25) is 9.59 Å². The Morgan fingerprint density at radius 1 is 1.00 bits per heavy atom. The third kappa shape index (κ3) is 3.30. The second-order valence-corrected chi connectivity index (χ2v) is 8.72. The summed E-state index contributed by atoms with van der Waals surface area (Å²) in [5, 5.41) is 6.97. The first-order valence-corrected chi connectivity index (χ1v) is 11.0. The van der Waals surface area contributed by atoms with Crippen molar-refractivity contribution in [2.75, 3.05) is 13.1 Å². The van der Waals surface area contributed by atoms with Crippen LogP contribution in [0.15, 0.2) is 47.3 Å². The maximum Gasteiger partial charge on any atom is 0.296 e. The molecule has 5 rings (SSSR count). The summed E-state index contributed by atoms with van der Waals surface area (Å²) < 4.78 is 3.06. The molecule has 1 saturated heterocycles. The molecule has 1 aliphatic rings. The van der Waals surface area contributed by atoms with Crippen LogP contribution in [0.5, 0.6) is 0 Å². The molecule has 1 fully saturated rings. The quantitative estimate of drug-likeness (QED) is 0.436. The number of rotatable bonds is 2. The van der Waals surface area contributed by atoms with Crippen molar-refractivity contribution < 1.29 is 4.79 Å². The number of carbonyl (C=O) groups excluding carboxylic acids is 1. The van der Waals surface area contributed by atoms with Crippen LogP contribution >= 0.6 is 23.2 Å². The van der Waals surface area contributed by atoms with Crippen LogP contribution in [-0.4, -0.2) is 38.2 Å². The van der Waals surface area contributed by atoms with Gasteiger partial charge in [0.25, 0.3) is 11.5 Å². The number of fused-ring (bicyclic) bond motifs is 3. The monoisotopic (exact) mass is 454 g/mol. The maximum atomic E-state index is 13.6. The predicted octanol–water partition coefficient (Wildman–Crippen LogP) is 4.81. The molecule has 0 N–H and O–H groups in total. The summed E-state index contributed by atoms with van der Waals surface area (Å²) in [6, 6.07) is 12.3. The zero-order valence-corrected chi connectivity index (χ0v) is 18.5. The van der Waals surface area contributed by atoms with Gasteiger partial charge in [-0.05, 0) is 49.6 Å². The number of amides is 1.